The van der Waals surface area contributed by atoms with E-state index in [1.165, 1.54) is 23.9 Å². The zero-order chi connectivity index (χ0) is 24.4. The van der Waals surface area contributed by atoms with E-state index in [0.29, 0.717) is 35.6 Å². The number of hydrogen-bond donors (Lipinski definition) is 2. The van der Waals surface area contributed by atoms with Crippen LogP contribution in [-0.2, 0) is 7.05 Å². The maximum Gasteiger partial charge on any atom is 0.291 e. The summed E-state index contributed by atoms with van der Waals surface area (Å²) in [4.78, 5) is 31.7. The van der Waals surface area contributed by atoms with Crippen LogP contribution in [0.5, 0.6) is 5.75 Å². The molecule has 0 bridgehead atoms. The van der Waals surface area contributed by atoms with E-state index < -0.39 is 11.7 Å². The number of nitrogens with one attached hydrogen (secondary N) is 2. The number of piperazine rings is 1. The Balaban J connectivity index is 1.53. The summed E-state index contributed by atoms with van der Waals surface area (Å²) in [6.07, 6.45) is 1.46. The van der Waals surface area contributed by atoms with Gasteiger partial charge >= 0.3 is 0 Å². The van der Waals surface area contributed by atoms with Crippen molar-refractivity contribution in [3.8, 4) is 17.0 Å². The number of aromatic nitrogens is 2. The lowest BCUT2D eigenvalue weighted by Gasteiger charge is -2.28. The van der Waals surface area contributed by atoms with Crippen LogP contribution >= 0.6 is 11.6 Å². The Morgan fingerprint density at radius 3 is 2.62 bits per heavy atom. The number of aryl methyl sites for hydroxylation is 1. The lowest BCUT2D eigenvalue weighted by Crippen LogP contribution is -2.46. The number of amides is 2. The molecule has 3 aromatic rings. The third-order valence-electron chi connectivity index (χ3n) is 5.85. The molecule has 10 heteroatoms. The molecule has 0 spiro atoms. The van der Waals surface area contributed by atoms with Gasteiger partial charge in [0.1, 0.15) is 0 Å². The van der Waals surface area contributed by atoms with Crippen LogP contribution in [0.1, 0.15) is 26.5 Å². The number of ether oxygens (including phenoxy) is 1. The van der Waals surface area contributed by atoms with Crippen molar-refractivity contribution in [1.82, 2.24) is 19.8 Å². The molecular weight excluding hydrogens is 461 g/mol. The summed E-state index contributed by atoms with van der Waals surface area (Å²) < 4.78 is 20.9. The highest BCUT2D eigenvalue weighted by Gasteiger charge is 2.22. The summed E-state index contributed by atoms with van der Waals surface area (Å²) >= 11 is 6.18. The summed E-state index contributed by atoms with van der Waals surface area (Å²) in [6, 6.07) is 8.25. The van der Waals surface area contributed by atoms with Gasteiger partial charge in [-0.15, -0.1) is 0 Å². The Labute approximate surface area is 201 Å². The first-order valence-corrected chi connectivity index (χ1v) is 11.2. The largest absolute Gasteiger partial charge is 0.494 e. The van der Waals surface area contributed by atoms with Crippen LogP contribution in [0.4, 0.5) is 10.1 Å². The van der Waals surface area contributed by atoms with Gasteiger partial charge in [-0.3, -0.25) is 9.59 Å². The van der Waals surface area contributed by atoms with E-state index in [4.69, 9.17) is 16.3 Å². The third-order valence-corrected chi connectivity index (χ3v) is 6.22. The van der Waals surface area contributed by atoms with Crippen LogP contribution < -0.4 is 15.4 Å². The molecule has 0 radical (unpaired) electrons. The quantitative estimate of drug-likeness (QED) is 0.577. The Kier molecular flexibility index (Phi) is 6.85. The SMILES string of the molecule is COc1ccc(-c2cnc(C(=O)Nc3ccc(C(=O)N4CCNCC4)c(C)c3)n2C)c(Cl)c1F. The lowest BCUT2D eigenvalue weighted by molar-refractivity contribution is 0.0735. The average molecular weight is 486 g/mol. The molecule has 0 atom stereocenters. The maximum atomic E-state index is 14.4. The molecule has 0 unspecified atom stereocenters. The summed E-state index contributed by atoms with van der Waals surface area (Å²) in [5.74, 6) is -0.988. The first kappa shape index (κ1) is 23.7. The molecule has 2 amide bonds. The molecule has 1 fully saturated rings. The number of carbonyl (C=O) groups excluding carboxylic acids is 2. The number of benzene rings is 2. The highest BCUT2D eigenvalue weighted by molar-refractivity contribution is 6.33. The maximum absolute atomic E-state index is 14.4. The highest BCUT2D eigenvalue weighted by atomic mass is 35.5. The van der Waals surface area contributed by atoms with E-state index in [9.17, 15) is 14.0 Å². The van der Waals surface area contributed by atoms with Crippen LogP contribution in [0.3, 0.4) is 0 Å². The summed E-state index contributed by atoms with van der Waals surface area (Å²) in [5.41, 5.74) is 2.78. The number of rotatable bonds is 5. The second-order valence-corrected chi connectivity index (χ2v) is 8.37. The van der Waals surface area contributed by atoms with Gasteiger partial charge in [-0.25, -0.2) is 9.37 Å². The van der Waals surface area contributed by atoms with E-state index in [1.807, 2.05) is 11.8 Å². The van der Waals surface area contributed by atoms with Gasteiger partial charge in [0.2, 0.25) is 0 Å². The minimum absolute atomic E-state index is 0.0192. The average Bonchev–Trinajstić information content (AvgIpc) is 3.22. The number of carbonyl (C=O) groups is 2. The number of imidazole rings is 1. The second kappa shape index (κ2) is 9.82. The predicted molar refractivity (Wildman–Crippen MR) is 128 cm³/mol. The van der Waals surface area contributed by atoms with Gasteiger partial charge in [0.15, 0.2) is 17.4 Å². The molecule has 2 aromatic carbocycles. The van der Waals surface area contributed by atoms with Crippen LogP contribution in [0.15, 0.2) is 36.5 Å². The molecular formula is C24H25ClFN5O3. The summed E-state index contributed by atoms with van der Waals surface area (Å²) in [5, 5.41) is 5.92. The molecule has 1 aliphatic heterocycles. The van der Waals surface area contributed by atoms with Gasteiger partial charge in [-0.1, -0.05) is 11.6 Å². The van der Waals surface area contributed by atoms with Crippen molar-refractivity contribution in [1.29, 1.82) is 0 Å². The molecule has 1 aromatic heterocycles. The number of halogens is 2. The van der Waals surface area contributed by atoms with E-state index in [2.05, 4.69) is 15.6 Å². The van der Waals surface area contributed by atoms with Crippen molar-refractivity contribution in [2.45, 2.75) is 6.92 Å². The minimum atomic E-state index is -0.681. The van der Waals surface area contributed by atoms with Crippen LogP contribution in [0.2, 0.25) is 5.02 Å². The lowest BCUT2D eigenvalue weighted by atomic mass is 10.1. The Morgan fingerprint density at radius 2 is 1.94 bits per heavy atom. The predicted octanol–water partition coefficient (Wildman–Crippen LogP) is 3.49. The Bertz CT molecular complexity index is 1250. The number of anilines is 1. The van der Waals surface area contributed by atoms with Crippen molar-refractivity contribution in [3.63, 3.8) is 0 Å². The first-order chi connectivity index (χ1) is 16.3. The smallest absolute Gasteiger partial charge is 0.291 e. The normalized spacial score (nSPS) is 13.6. The number of methoxy groups -OCH3 is 1. The fourth-order valence-corrected chi connectivity index (χ4v) is 4.22. The Morgan fingerprint density at radius 1 is 1.21 bits per heavy atom. The fourth-order valence-electron chi connectivity index (χ4n) is 3.96. The number of hydrogen-bond acceptors (Lipinski definition) is 5. The second-order valence-electron chi connectivity index (χ2n) is 8.00. The van der Waals surface area contributed by atoms with Gasteiger partial charge < -0.3 is 24.8 Å². The highest BCUT2D eigenvalue weighted by Crippen LogP contribution is 2.34. The van der Waals surface area contributed by atoms with E-state index in [1.54, 1.807) is 31.3 Å². The van der Waals surface area contributed by atoms with Crippen molar-refractivity contribution in [3.05, 3.63) is 64.3 Å². The van der Waals surface area contributed by atoms with Gasteiger partial charge in [0, 0.05) is 50.0 Å². The number of nitrogens with zero attached hydrogens (tertiary/aromatic N) is 3. The molecule has 1 saturated heterocycles. The van der Waals surface area contributed by atoms with E-state index in [-0.39, 0.29) is 22.5 Å². The minimum Gasteiger partial charge on any atom is -0.494 e. The monoisotopic (exact) mass is 485 g/mol. The van der Waals surface area contributed by atoms with Crippen LogP contribution in [-0.4, -0.2) is 59.6 Å². The van der Waals surface area contributed by atoms with Crippen molar-refractivity contribution >= 4 is 29.1 Å². The fraction of sp³-hybridized carbons (Fsp3) is 0.292. The molecule has 4 rings (SSSR count). The molecule has 2 N–H and O–H groups in total. The third kappa shape index (κ3) is 4.49. The van der Waals surface area contributed by atoms with Crippen molar-refractivity contribution in [2.75, 3.05) is 38.6 Å². The molecule has 178 valence electrons. The van der Waals surface area contributed by atoms with Gasteiger partial charge in [-0.2, -0.15) is 0 Å². The van der Waals surface area contributed by atoms with Crippen LogP contribution in [0.25, 0.3) is 11.3 Å². The van der Waals surface area contributed by atoms with E-state index >= 15 is 0 Å². The molecule has 1 aliphatic rings. The molecule has 2 heterocycles. The Hall–Kier alpha value is -3.43. The van der Waals surface area contributed by atoms with Gasteiger partial charge in [0.05, 0.1) is 24.0 Å². The molecule has 8 nitrogen and oxygen atoms in total. The van der Waals surface area contributed by atoms with Crippen molar-refractivity contribution < 1.29 is 18.7 Å². The summed E-state index contributed by atoms with van der Waals surface area (Å²) in [6.45, 7) is 4.73. The molecule has 34 heavy (non-hydrogen) atoms. The standard InChI is InChI=1S/C24H25ClFN5O3/c1-14-12-15(4-5-16(14)24(33)31-10-8-27-9-11-31)29-23(32)22-28-13-18(30(22)2)17-6-7-19(34-3)21(26)20(17)25/h4-7,12-13,27H,8-11H2,1-3H3,(H,29,32). The molecule has 0 saturated carbocycles. The van der Waals surface area contributed by atoms with Crippen molar-refractivity contribution in [2.24, 2.45) is 7.05 Å². The first-order valence-electron chi connectivity index (χ1n) is 10.8. The summed E-state index contributed by atoms with van der Waals surface area (Å²) in [7, 11) is 3.01. The zero-order valence-electron chi connectivity index (χ0n) is 19.1. The van der Waals surface area contributed by atoms with Crippen LogP contribution in [0, 0.1) is 12.7 Å². The molecule has 0 aliphatic carbocycles. The van der Waals surface area contributed by atoms with E-state index in [0.717, 1.165) is 18.7 Å². The van der Waals surface area contributed by atoms with Gasteiger partial charge in [0.25, 0.3) is 11.8 Å². The zero-order valence-corrected chi connectivity index (χ0v) is 19.9. The topological polar surface area (TPSA) is 88.5 Å². The van der Waals surface area contributed by atoms with Gasteiger partial charge in [-0.05, 0) is 42.8 Å².